The Kier molecular flexibility index (Phi) is 9.20. The Morgan fingerprint density at radius 1 is 1.12 bits per heavy atom. The largest absolute Gasteiger partial charge is 0.396 e. The first kappa shape index (κ1) is 30.0. The third-order valence-corrected chi connectivity index (χ3v) is 9.15. The van der Waals surface area contributed by atoms with Gasteiger partial charge in [0.25, 0.3) is 0 Å². The average molecular weight is 552 g/mol. The summed E-state index contributed by atoms with van der Waals surface area (Å²) >= 11 is 0. The summed E-state index contributed by atoms with van der Waals surface area (Å²) in [6.07, 6.45) is 5.79. The number of rotatable bonds is 14. The van der Waals surface area contributed by atoms with Crippen LogP contribution in [0.5, 0.6) is 0 Å². The van der Waals surface area contributed by atoms with E-state index < -0.39 is 29.1 Å². The van der Waals surface area contributed by atoms with E-state index in [4.69, 9.17) is 4.74 Å². The monoisotopic (exact) mass is 551 g/mol. The van der Waals surface area contributed by atoms with Gasteiger partial charge in [-0.1, -0.05) is 56.3 Å². The predicted molar refractivity (Wildman–Crippen MR) is 154 cm³/mol. The molecule has 3 amide bonds. The van der Waals surface area contributed by atoms with Crippen molar-refractivity contribution >= 4 is 17.7 Å². The zero-order valence-corrected chi connectivity index (χ0v) is 24.3. The molecule has 1 N–H and O–H groups in total. The second-order valence-corrected chi connectivity index (χ2v) is 11.7. The lowest BCUT2D eigenvalue weighted by molar-refractivity contribution is -0.155. The predicted octanol–water partition coefficient (Wildman–Crippen LogP) is 3.41. The Balaban J connectivity index is 1.77. The first-order valence-electron chi connectivity index (χ1n) is 14.6. The normalized spacial score (nSPS) is 30.3. The van der Waals surface area contributed by atoms with Crippen molar-refractivity contribution in [3.8, 4) is 0 Å². The molecule has 3 unspecified atom stereocenters. The van der Waals surface area contributed by atoms with Crippen molar-refractivity contribution < 1.29 is 24.2 Å². The van der Waals surface area contributed by atoms with Crippen molar-refractivity contribution in [1.82, 2.24) is 14.7 Å². The van der Waals surface area contributed by atoms with E-state index in [1.54, 1.807) is 26.9 Å². The van der Waals surface area contributed by atoms with Crippen LogP contribution < -0.4 is 0 Å². The molecule has 0 aromatic heterocycles. The highest BCUT2D eigenvalue weighted by Crippen LogP contribution is 2.65. The summed E-state index contributed by atoms with van der Waals surface area (Å²) in [5, 5.41) is 9.44. The van der Waals surface area contributed by atoms with Crippen LogP contribution in [0.1, 0.15) is 52.0 Å². The molecule has 8 nitrogen and oxygen atoms in total. The third-order valence-electron chi connectivity index (χ3n) is 9.15. The van der Waals surface area contributed by atoms with Gasteiger partial charge in [0.2, 0.25) is 17.7 Å². The number of aliphatic hydroxyl groups excluding tert-OH is 1. The molecule has 0 saturated carbocycles. The number of nitrogens with zero attached hydrogens (tertiary/aromatic N) is 3. The van der Waals surface area contributed by atoms with Gasteiger partial charge in [-0.05, 0) is 44.1 Å². The molecule has 4 rings (SSSR count). The molecule has 6 atom stereocenters. The SMILES string of the molecule is C=CCN(Cc1ccccc1)C(=O)C1N(CCCCO)C(=O)[C@@H]2[C@H](C(=O)N(CC=C)CCC)[C@@]3(C)OC12CC3C. The molecular weight excluding hydrogens is 506 g/mol. The summed E-state index contributed by atoms with van der Waals surface area (Å²) in [6.45, 7) is 15.7. The van der Waals surface area contributed by atoms with Crippen LogP contribution >= 0.6 is 0 Å². The fraction of sp³-hybridized carbons (Fsp3) is 0.594. The van der Waals surface area contributed by atoms with Gasteiger partial charge in [-0.3, -0.25) is 14.4 Å². The average Bonchev–Trinajstić information content (AvgIpc) is 3.45. The van der Waals surface area contributed by atoms with E-state index in [1.165, 1.54) is 0 Å². The van der Waals surface area contributed by atoms with Crippen LogP contribution in [-0.4, -0.2) is 87.6 Å². The van der Waals surface area contributed by atoms with Gasteiger partial charge in [-0.15, -0.1) is 13.2 Å². The number of benzene rings is 1. The third kappa shape index (κ3) is 5.00. The Bertz CT molecular complexity index is 1110. The fourth-order valence-electron chi connectivity index (χ4n) is 7.31. The van der Waals surface area contributed by atoms with Crippen molar-refractivity contribution in [3.05, 3.63) is 61.2 Å². The minimum absolute atomic E-state index is 0.00601. The van der Waals surface area contributed by atoms with Gasteiger partial charge >= 0.3 is 0 Å². The highest BCUT2D eigenvalue weighted by Gasteiger charge is 2.80. The Morgan fingerprint density at radius 3 is 2.42 bits per heavy atom. The molecule has 0 aliphatic carbocycles. The number of carbonyl (C=O) groups is 3. The number of unbranched alkanes of at least 4 members (excludes halogenated alkanes) is 1. The van der Waals surface area contributed by atoms with Crippen molar-refractivity contribution in [3.63, 3.8) is 0 Å². The highest BCUT2D eigenvalue weighted by atomic mass is 16.5. The molecule has 218 valence electrons. The van der Waals surface area contributed by atoms with Gasteiger partial charge in [0, 0.05) is 39.3 Å². The molecule has 1 aromatic rings. The summed E-state index contributed by atoms with van der Waals surface area (Å²) in [7, 11) is 0. The lowest BCUT2D eigenvalue weighted by atomic mass is 9.62. The molecule has 1 spiro atoms. The number of ether oxygens (including phenoxy) is 1. The number of carbonyl (C=O) groups excluding carboxylic acids is 3. The van der Waals surface area contributed by atoms with Gasteiger partial charge < -0.3 is 24.5 Å². The highest BCUT2D eigenvalue weighted by molar-refractivity contribution is 5.99. The fourth-order valence-corrected chi connectivity index (χ4v) is 7.31. The van der Waals surface area contributed by atoms with E-state index in [2.05, 4.69) is 20.1 Å². The van der Waals surface area contributed by atoms with E-state index in [0.717, 1.165) is 12.0 Å². The summed E-state index contributed by atoms with van der Waals surface area (Å²) in [5.41, 5.74) is -0.972. The summed E-state index contributed by atoms with van der Waals surface area (Å²) in [6, 6.07) is 8.90. The number of hydrogen-bond acceptors (Lipinski definition) is 5. The van der Waals surface area contributed by atoms with Crippen LogP contribution in [0.4, 0.5) is 0 Å². The molecule has 3 aliphatic rings. The first-order valence-corrected chi connectivity index (χ1v) is 14.6. The first-order chi connectivity index (χ1) is 19.2. The van der Waals surface area contributed by atoms with Crippen LogP contribution in [0.3, 0.4) is 0 Å². The lowest BCUT2D eigenvalue weighted by Crippen LogP contribution is -2.57. The molecule has 1 aromatic carbocycles. The zero-order chi connectivity index (χ0) is 29.1. The number of likely N-dealkylation sites (tertiary alicyclic amines) is 1. The van der Waals surface area contributed by atoms with E-state index in [1.807, 2.05) is 44.2 Å². The van der Waals surface area contributed by atoms with Crippen molar-refractivity contribution in [2.45, 2.75) is 70.2 Å². The van der Waals surface area contributed by atoms with Gasteiger partial charge in [-0.2, -0.15) is 0 Å². The zero-order valence-electron chi connectivity index (χ0n) is 24.3. The minimum Gasteiger partial charge on any atom is -0.396 e. The Labute approximate surface area is 238 Å². The maximum Gasteiger partial charge on any atom is 0.248 e. The summed E-state index contributed by atoms with van der Waals surface area (Å²) in [4.78, 5) is 48.2. The molecular formula is C32H45N3O5. The van der Waals surface area contributed by atoms with Gasteiger partial charge in [-0.25, -0.2) is 0 Å². The van der Waals surface area contributed by atoms with Crippen LogP contribution in [0.25, 0.3) is 0 Å². The van der Waals surface area contributed by atoms with E-state index in [9.17, 15) is 19.5 Å². The second-order valence-electron chi connectivity index (χ2n) is 11.7. The van der Waals surface area contributed by atoms with Crippen LogP contribution in [0.15, 0.2) is 55.6 Å². The molecule has 0 radical (unpaired) electrons. The molecule has 3 saturated heterocycles. The molecule has 3 aliphatic heterocycles. The quantitative estimate of drug-likeness (QED) is 0.283. The second kappa shape index (κ2) is 12.3. The van der Waals surface area contributed by atoms with Gasteiger partial charge in [0.15, 0.2) is 0 Å². The van der Waals surface area contributed by atoms with Crippen molar-refractivity contribution in [1.29, 1.82) is 0 Å². The van der Waals surface area contributed by atoms with Gasteiger partial charge in [0.1, 0.15) is 11.6 Å². The van der Waals surface area contributed by atoms with Crippen LogP contribution in [-0.2, 0) is 25.7 Å². The summed E-state index contributed by atoms with van der Waals surface area (Å²) in [5.74, 6) is -1.94. The number of amides is 3. The van der Waals surface area contributed by atoms with E-state index in [0.29, 0.717) is 52.0 Å². The molecule has 3 heterocycles. The van der Waals surface area contributed by atoms with Crippen molar-refractivity contribution in [2.24, 2.45) is 17.8 Å². The molecule has 40 heavy (non-hydrogen) atoms. The molecule has 2 bridgehead atoms. The topological polar surface area (TPSA) is 90.4 Å². The lowest BCUT2D eigenvalue weighted by Gasteiger charge is -2.39. The van der Waals surface area contributed by atoms with Gasteiger partial charge in [0.05, 0.1) is 17.4 Å². The molecule has 3 fully saturated rings. The van der Waals surface area contributed by atoms with E-state index >= 15 is 0 Å². The number of aliphatic hydroxyl groups is 1. The maximum absolute atomic E-state index is 14.5. The minimum atomic E-state index is -1.09. The van der Waals surface area contributed by atoms with Crippen LogP contribution in [0.2, 0.25) is 0 Å². The Hall–Kier alpha value is -2.97. The van der Waals surface area contributed by atoms with E-state index in [-0.39, 0.29) is 30.2 Å². The van der Waals surface area contributed by atoms with Crippen LogP contribution in [0, 0.1) is 17.8 Å². The Morgan fingerprint density at radius 2 is 1.80 bits per heavy atom. The standard InChI is InChI=1S/C32H45N3O5/c1-6-16-33(17-7-2)28(37)25-26-29(38)35(19-12-13-20-36)27(32(26)21-23(4)31(25,5)40-32)30(39)34(18-8-3)22-24-14-10-9-11-15-24/h6,8-11,14-15,23,25-27,36H,1,3,7,12-13,16-22H2,2,4-5H3/t23?,25-,26+,27?,31+,32?/m1/s1. The number of fused-ring (bicyclic) bond motifs is 1. The van der Waals surface area contributed by atoms with Crippen molar-refractivity contribution in [2.75, 3.05) is 32.8 Å². The number of hydrogen-bond donors (Lipinski definition) is 1. The smallest absolute Gasteiger partial charge is 0.248 e. The molecule has 8 heteroatoms. The summed E-state index contributed by atoms with van der Waals surface area (Å²) < 4.78 is 6.88. The maximum atomic E-state index is 14.5.